The van der Waals surface area contributed by atoms with Crippen molar-refractivity contribution in [3.63, 3.8) is 0 Å². The summed E-state index contributed by atoms with van der Waals surface area (Å²) in [7, 11) is -3.40. The van der Waals surface area contributed by atoms with Crippen LogP contribution in [0.25, 0.3) is 0 Å². The first-order valence-corrected chi connectivity index (χ1v) is 9.02. The van der Waals surface area contributed by atoms with Crippen LogP contribution in [0.2, 0.25) is 0 Å². The normalized spacial score (nSPS) is 26.5. The van der Waals surface area contributed by atoms with Crippen LogP contribution in [0.4, 0.5) is 0 Å². The Morgan fingerprint density at radius 2 is 1.90 bits per heavy atom. The summed E-state index contributed by atoms with van der Waals surface area (Å²) in [6, 6.07) is 7.50. The second kappa shape index (κ2) is 5.94. The van der Waals surface area contributed by atoms with Crippen molar-refractivity contribution in [2.75, 3.05) is 19.7 Å². The van der Waals surface area contributed by atoms with E-state index in [4.69, 9.17) is 4.74 Å². The lowest BCUT2D eigenvalue weighted by atomic mass is 10.1. The third-order valence-corrected chi connectivity index (χ3v) is 6.14. The van der Waals surface area contributed by atoms with Crippen molar-refractivity contribution in [3.05, 3.63) is 24.3 Å². The van der Waals surface area contributed by atoms with E-state index in [1.165, 1.54) is 6.42 Å². The molecule has 5 nitrogen and oxygen atoms in total. The van der Waals surface area contributed by atoms with Crippen LogP contribution >= 0.6 is 0 Å². The van der Waals surface area contributed by atoms with Gasteiger partial charge in [-0.2, -0.15) is 4.31 Å². The monoisotopic (exact) mass is 310 g/mol. The molecule has 0 amide bonds. The predicted octanol–water partition coefficient (Wildman–Crippen LogP) is 1.60. The number of ether oxygens (including phenoxy) is 1. The number of rotatable bonds is 4. The van der Waals surface area contributed by atoms with Gasteiger partial charge in [0.05, 0.1) is 11.5 Å². The second-order valence-corrected chi connectivity index (χ2v) is 7.63. The van der Waals surface area contributed by atoms with Gasteiger partial charge in [0.25, 0.3) is 0 Å². The van der Waals surface area contributed by atoms with Gasteiger partial charge in [0, 0.05) is 25.2 Å². The molecule has 3 rings (SSSR count). The summed E-state index contributed by atoms with van der Waals surface area (Å²) in [6.07, 6.45) is 3.13. The molecule has 2 saturated heterocycles. The zero-order valence-corrected chi connectivity index (χ0v) is 13.1. The number of nitrogens with one attached hydrogen (secondary N) is 1. The zero-order valence-electron chi connectivity index (χ0n) is 12.3. The third-order valence-electron chi connectivity index (χ3n) is 4.26. The summed E-state index contributed by atoms with van der Waals surface area (Å²) < 4.78 is 32.5. The van der Waals surface area contributed by atoms with Crippen LogP contribution in [0.1, 0.15) is 26.2 Å². The molecule has 0 radical (unpaired) electrons. The quantitative estimate of drug-likeness (QED) is 0.918. The molecule has 1 aromatic carbocycles. The minimum Gasteiger partial charge on any atom is -0.494 e. The molecule has 6 heteroatoms. The summed E-state index contributed by atoms with van der Waals surface area (Å²) in [5.74, 6) is 0.702. The molecule has 1 N–H and O–H groups in total. The molecule has 0 saturated carbocycles. The SMILES string of the molecule is CCOc1ccc(S(=O)(=O)N2CCC3CCC(C2)N3)cc1. The number of nitrogens with zero attached hydrogens (tertiary/aromatic N) is 1. The van der Waals surface area contributed by atoms with E-state index >= 15 is 0 Å². The summed E-state index contributed by atoms with van der Waals surface area (Å²) in [6.45, 7) is 3.66. The van der Waals surface area contributed by atoms with E-state index in [-0.39, 0.29) is 0 Å². The van der Waals surface area contributed by atoms with E-state index in [9.17, 15) is 8.42 Å². The number of sulfonamides is 1. The maximum Gasteiger partial charge on any atom is 0.243 e. The smallest absolute Gasteiger partial charge is 0.243 e. The van der Waals surface area contributed by atoms with Gasteiger partial charge in [0.15, 0.2) is 0 Å². The summed E-state index contributed by atoms with van der Waals surface area (Å²) in [5, 5.41) is 3.51. The molecule has 2 heterocycles. The van der Waals surface area contributed by atoms with E-state index in [0.29, 0.717) is 42.4 Å². The number of benzene rings is 1. The lowest BCUT2D eigenvalue weighted by Gasteiger charge is -2.23. The van der Waals surface area contributed by atoms with Gasteiger partial charge in [-0.3, -0.25) is 0 Å². The predicted molar refractivity (Wildman–Crippen MR) is 80.9 cm³/mol. The van der Waals surface area contributed by atoms with E-state index in [0.717, 1.165) is 12.8 Å². The largest absolute Gasteiger partial charge is 0.494 e. The molecule has 2 bridgehead atoms. The van der Waals surface area contributed by atoms with Gasteiger partial charge in [-0.1, -0.05) is 0 Å². The van der Waals surface area contributed by atoms with E-state index < -0.39 is 10.0 Å². The average molecular weight is 310 g/mol. The average Bonchev–Trinajstić information content (AvgIpc) is 2.78. The highest BCUT2D eigenvalue weighted by Crippen LogP contribution is 2.26. The Balaban J connectivity index is 1.79. The Kier molecular flexibility index (Phi) is 4.19. The summed E-state index contributed by atoms with van der Waals surface area (Å²) in [4.78, 5) is 0.351. The third kappa shape index (κ3) is 3.07. The maximum absolute atomic E-state index is 12.7. The van der Waals surface area contributed by atoms with Gasteiger partial charge in [-0.15, -0.1) is 0 Å². The van der Waals surface area contributed by atoms with Crippen LogP contribution in [-0.2, 0) is 10.0 Å². The minimum absolute atomic E-state index is 0.301. The highest BCUT2D eigenvalue weighted by molar-refractivity contribution is 7.89. The van der Waals surface area contributed by atoms with Crippen molar-refractivity contribution in [1.29, 1.82) is 0 Å². The molecule has 116 valence electrons. The van der Waals surface area contributed by atoms with Crippen molar-refractivity contribution < 1.29 is 13.2 Å². The maximum atomic E-state index is 12.7. The molecule has 0 spiro atoms. The Bertz CT molecular complexity index is 585. The van der Waals surface area contributed by atoms with Crippen molar-refractivity contribution >= 4 is 10.0 Å². The Hall–Kier alpha value is -1.11. The minimum atomic E-state index is -3.40. The molecular formula is C15H22N2O3S. The fourth-order valence-corrected chi connectivity index (χ4v) is 4.65. The van der Waals surface area contributed by atoms with Crippen molar-refractivity contribution in [3.8, 4) is 5.75 Å². The van der Waals surface area contributed by atoms with Gasteiger partial charge >= 0.3 is 0 Å². The lowest BCUT2D eigenvalue weighted by molar-refractivity contribution is 0.340. The molecular weight excluding hydrogens is 288 g/mol. The first-order chi connectivity index (χ1) is 10.1. The first-order valence-electron chi connectivity index (χ1n) is 7.58. The van der Waals surface area contributed by atoms with Crippen molar-refractivity contribution in [2.45, 2.75) is 43.2 Å². The zero-order chi connectivity index (χ0) is 14.9. The molecule has 2 aliphatic heterocycles. The number of hydrogen-bond donors (Lipinski definition) is 1. The van der Waals surface area contributed by atoms with E-state index in [1.807, 2.05) is 6.92 Å². The van der Waals surface area contributed by atoms with Crippen LogP contribution in [0.15, 0.2) is 29.2 Å². The molecule has 2 unspecified atom stereocenters. The van der Waals surface area contributed by atoms with Crippen LogP contribution in [0, 0.1) is 0 Å². The fourth-order valence-electron chi connectivity index (χ4n) is 3.15. The molecule has 2 aliphatic rings. The van der Waals surface area contributed by atoms with E-state index in [2.05, 4.69) is 5.32 Å². The van der Waals surface area contributed by atoms with Gasteiger partial charge in [-0.05, 0) is 50.5 Å². The molecule has 0 aromatic heterocycles. The molecule has 2 fully saturated rings. The number of hydrogen-bond acceptors (Lipinski definition) is 4. The standard InChI is InChI=1S/C15H22N2O3S/c1-2-20-14-5-7-15(8-6-14)21(18,19)17-10-9-12-3-4-13(11-17)16-12/h5-8,12-13,16H,2-4,9-11H2,1H3. The topological polar surface area (TPSA) is 58.6 Å². The highest BCUT2D eigenvalue weighted by atomic mass is 32.2. The fraction of sp³-hybridized carbons (Fsp3) is 0.600. The van der Waals surface area contributed by atoms with Crippen molar-refractivity contribution in [2.24, 2.45) is 0 Å². The van der Waals surface area contributed by atoms with E-state index in [1.54, 1.807) is 28.6 Å². The van der Waals surface area contributed by atoms with Crippen LogP contribution in [0.5, 0.6) is 5.75 Å². The second-order valence-electron chi connectivity index (χ2n) is 5.69. The number of fused-ring (bicyclic) bond motifs is 2. The van der Waals surface area contributed by atoms with Gasteiger partial charge in [-0.25, -0.2) is 8.42 Å². The van der Waals surface area contributed by atoms with Crippen LogP contribution in [0.3, 0.4) is 0 Å². The van der Waals surface area contributed by atoms with Crippen molar-refractivity contribution in [1.82, 2.24) is 9.62 Å². The highest BCUT2D eigenvalue weighted by Gasteiger charge is 2.34. The molecule has 1 aromatic rings. The van der Waals surface area contributed by atoms with Crippen LogP contribution < -0.4 is 10.1 Å². The summed E-state index contributed by atoms with van der Waals surface area (Å²) >= 11 is 0. The lowest BCUT2D eigenvalue weighted by Crippen LogP contribution is -2.39. The van der Waals surface area contributed by atoms with Gasteiger partial charge in [0.2, 0.25) is 10.0 Å². The first kappa shape index (κ1) is 14.8. The Morgan fingerprint density at radius 3 is 2.62 bits per heavy atom. The molecule has 0 aliphatic carbocycles. The van der Waals surface area contributed by atoms with Gasteiger partial charge < -0.3 is 10.1 Å². The summed E-state index contributed by atoms with van der Waals surface area (Å²) in [5.41, 5.74) is 0. The van der Waals surface area contributed by atoms with Crippen LogP contribution in [-0.4, -0.2) is 44.5 Å². The Labute approximate surface area is 126 Å². The Morgan fingerprint density at radius 1 is 1.19 bits per heavy atom. The molecule has 2 atom stereocenters. The van der Waals surface area contributed by atoms with Gasteiger partial charge in [0.1, 0.15) is 5.75 Å². The molecule has 21 heavy (non-hydrogen) atoms.